The zero-order chi connectivity index (χ0) is 16.9. The topological polar surface area (TPSA) is 51.2 Å². The normalized spacial score (nSPS) is 12.7. The number of hydrogen-bond donors (Lipinski definition) is 1. The van der Waals surface area contributed by atoms with Gasteiger partial charge in [-0.2, -0.15) is 13.2 Å². The fourth-order valence-corrected chi connectivity index (χ4v) is 2.06. The van der Waals surface area contributed by atoms with Crippen molar-refractivity contribution in [1.82, 2.24) is 10.3 Å². The minimum atomic E-state index is -4.44. The maximum Gasteiger partial charge on any atom is 0.416 e. The summed E-state index contributed by atoms with van der Waals surface area (Å²) in [7, 11) is 1.41. The van der Waals surface area contributed by atoms with E-state index in [-0.39, 0.29) is 6.61 Å². The lowest BCUT2D eigenvalue weighted by Crippen LogP contribution is -2.31. The first-order valence-corrected chi connectivity index (χ1v) is 6.79. The summed E-state index contributed by atoms with van der Waals surface area (Å²) in [5.74, 6) is -0.433. The van der Waals surface area contributed by atoms with Gasteiger partial charge in [0.05, 0.1) is 23.8 Å². The van der Waals surface area contributed by atoms with E-state index >= 15 is 0 Å². The molecule has 2 rings (SSSR count). The Balaban J connectivity index is 2.23. The molecule has 0 fully saturated rings. The molecule has 1 aromatic heterocycles. The molecule has 7 heteroatoms. The lowest BCUT2D eigenvalue weighted by Gasteiger charge is -2.19. The summed E-state index contributed by atoms with van der Waals surface area (Å²) in [4.78, 5) is 16.0. The number of pyridine rings is 1. The lowest BCUT2D eigenvalue weighted by atomic mass is 10.0. The molecule has 4 nitrogen and oxygen atoms in total. The van der Waals surface area contributed by atoms with Gasteiger partial charge >= 0.3 is 6.18 Å². The van der Waals surface area contributed by atoms with Crippen LogP contribution in [0.3, 0.4) is 0 Å². The number of amides is 1. The van der Waals surface area contributed by atoms with Crippen molar-refractivity contribution >= 4 is 5.91 Å². The lowest BCUT2D eigenvalue weighted by molar-refractivity contribution is -0.137. The van der Waals surface area contributed by atoms with E-state index in [9.17, 15) is 18.0 Å². The minimum Gasteiger partial charge on any atom is -0.382 e. The Morgan fingerprint density at radius 3 is 2.70 bits per heavy atom. The van der Waals surface area contributed by atoms with Crippen LogP contribution >= 0.6 is 0 Å². The Morgan fingerprint density at radius 2 is 2.09 bits per heavy atom. The maximum absolute atomic E-state index is 12.8. The van der Waals surface area contributed by atoms with Crippen molar-refractivity contribution in [1.29, 1.82) is 0 Å². The highest BCUT2D eigenvalue weighted by atomic mass is 19.4. The Labute approximate surface area is 131 Å². The summed E-state index contributed by atoms with van der Waals surface area (Å²) in [6.07, 6.45) is -1.54. The Hall–Kier alpha value is -2.41. The van der Waals surface area contributed by atoms with Gasteiger partial charge in [-0.15, -0.1) is 0 Å². The highest BCUT2D eigenvalue weighted by Gasteiger charge is 2.31. The molecule has 0 saturated carbocycles. The smallest absolute Gasteiger partial charge is 0.382 e. The number of nitrogens with zero attached hydrogens (tertiary/aromatic N) is 1. The molecule has 0 aliphatic heterocycles. The van der Waals surface area contributed by atoms with Crippen molar-refractivity contribution < 1.29 is 22.7 Å². The highest BCUT2D eigenvalue weighted by molar-refractivity contribution is 5.94. The van der Waals surface area contributed by atoms with Crippen LogP contribution in [0.25, 0.3) is 0 Å². The predicted octanol–water partition coefficient (Wildman–Crippen LogP) is 3.22. The molecule has 122 valence electrons. The summed E-state index contributed by atoms with van der Waals surface area (Å²) in [6.45, 7) is 0.0489. The van der Waals surface area contributed by atoms with Crippen molar-refractivity contribution in [3.63, 3.8) is 0 Å². The van der Waals surface area contributed by atoms with Gasteiger partial charge in [0.1, 0.15) is 0 Å². The molecule has 1 N–H and O–H groups in total. The summed E-state index contributed by atoms with van der Waals surface area (Å²) >= 11 is 0. The number of alkyl halides is 3. The van der Waals surface area contributed by atoms with Crippen LogP contribution in [-0.4, -0.2) is 24.6 Å². The molecule has 1 heterocycles. The molecule has 23 heavy (non-hydrogen) atoms. The Morgan fingerprint density at radius 1 is 1.30 bits per heavy atom. The number of nitrogens with one attached hydrogen (secondary N) is 1. The molecule has 1 atom stereocenters. The standard InChI is InChI=1S/C16H15F3N2O2/c1-23-10-14(21-15(22)12-5-3-7-20-9-12)11-4-2-6-13(8-11)16(17,18)19/h2-9,14H,10H2,1H3,(H,21,22)/t14-/m0/s1. The van der Waals surface area contributed by atoms with Crippen molar-refractivity contribution in [3.8, 4) is 0 Å². The summed E-state index contributed by atoms with van der Waals surface area (Å²) in [6, 6.07) is 7.28. The Kier molecular flexibility index (Phi) is 5.33. The van der Waals surface area contributed by atoms with Crippen LogP contribution < -0.4 is 5.32 Å². The molecule has 1 aromatic carbocycles. The first-order valence-electron chi connectivity index (χ1n) is 6.79. The van der Waals surface area contributed by atoms with Crippen LogP contribution in [0.4, 0.5) is 13.2 Å². The number of benzene rings is 1. The number of halogens is 3. The minimum absolute atomic E-state index is 0.0489. The quantitative estimate of drug-likeness (QED) is 0.919. The number of rotatable bonds is 5. The third-order valence-corrected chi connectivity index (χ3v) is 3.18. The first-order chi connectivity index (χ1) is 10.9. The zero-order valence-corrected chi connectivity index (χ0v) is 12.3. The van der Waals surface area contributed by atoms with Gasteiger partial charge in [-0.1, -0.05) is 12.1 Å². The third-order valence-electron chi connectivity index (χ3n) is 3.18. The van der Waals surface area contributed by atoms with Crippen molar-refractivity contribution in [2.24, 2.45) is 0 Å². The van der Waals surface area contributed by atoms with E-state index < -0.39 is 23.7 Å². The summed E-state index contributed by atoms with van der Waals surface area (Å²) in [5.41, 5.74) is -0.133. The van der Waals surface area contributed by atoms with Gasteiger partial charge in [-0.3, -0.25) is 9.78 Å². The molecule has 0 bridgehead atoms. The van der Waals surface area contributed by atoms with Gasteiger partial charge in [0.15, 0.2) is 0 Å². The van der Waals surface area contributed by atoms with Crippen LogP contribution in [0.15, 0.2) is 48.8 Å². The fraction of sp³-hybridized carbons (Fsp3) is 0.250. The van der Waals surface area contributed by atoms with E-state index in [0.717, 1.165) is 12.1 Å². The van der Waals surface area contributed by atoms with Crippen LogP contribution in [-0.2, 0) is 10.9 Å². The Bertz CT molecular complexity index is 660. The molecule has 0 aliphatic carbocycles. The second-order valence-electron chi connectivity index (χ2n) is 4.85. The average Bonchev–Trinajstić information content (AvgIpc) is 2.54. The molecule has 0 saturated heterocycles. The van der Waals surface area contributed by atoms with Gasteiger partial charge in [0.2, 0.25) is 0 Å². The van der Waals surface area contributed by atoms with Crippen LogP contribution in [0, 0.1) is 0 Å². The number of carbonyl (C=O) groups is 1. The predicted molar refractivity (Wildman–Crippen MR) is 77.8 cm³/mol. The second-order valence-corrected chi connectivity index (χ2v) is 4.85. The van der Waals surface area contributed by atoms with Crippen molar-refractivity contribution in [2.45, 2.75) is 12.2 Å². The van der Waals surface area contributed by atoms with Crippen LogP contribution in [0.5, 0.6) is 0 Å². The van der Waals surface area contributed by atoms with E-state index in [4.69, 9.17) is 4.74 Å². The van der Waals surface area contributed by atoms with Crippen LogP contribution in [0.2, 0.25) is 0 Å². The highest BCUT2D eigenvalue weighted by Crippen LogP contribution is 2.30. The van der Waals surface area contributed by atoms with E-state index in [2.05, 4.69) is 10.3 Å². The van der Waals surface area contributed by atoms with E-state index in [1.54, 1.807) is 12.1 Å². The van der Waals surface area contributed by atoms with Gasteiger partial charge in [-0.25, -0.2) is 0 Å². The van der Waals surface area contributed by atoms with Gasteiger partial charge < -0.3 is 10.1 Å². The molecule has 2 aromatic rings. The molecular weight excluding hydrogens is 309 g/mol. The van der Waals surface area contributed by atoms with Gasteiger partial charge in [0, 0.05) is 19.5 Å². The zero-order valence-electron chi connectivity index (χ0n) is 12.3. The van der Waals surface area contributed by atoms with E-state index in [1.165, 1.54) is 31.6 Å². The number of hydrogen-bond acceptors (Lipinski definition) is 3. The SMILES string of the molecule is COC[C@H](NC(=O)c1cccnc1)c1cccc(C(F)(F)F)c1. The molecular formula is C16H15F3N2O2. The third kappa shape index (κ3) is 4.53. The maximum atomic E-state index is 12.8. The van der Waals surface area contributed by atoms with Crippen molar-refractivity contribution in [3.05, 3.63) is 65.5 Å². The van der Waals surface area contributed by atoms with Crippen LogP contribution in [0.1, 0.15) is 27.5 Å². The van der Waals surface area contributed by atoms with Gasteiger partial charge in [0.25, 0.3) is 5.91 Å². The second kappa shape index (κ2) is 7.23. The van der Waals surface area contributed by atoms with Gasteiger partial charge in [-0.05, 0) is 29.8 Å². The van der Waals surface area contributed by atoms with E-state index in [1.807, 2.05) is 0 Å². The molecule has 0 radical (unpaired) electrons. The number of aromatic nitrogens is 1. The fourth-order valence-electron chi connectivity index (χ4n) is 2.06. The van der Waals surface area contributed by atoms with E-state index in [0.29, 0.717) is 11.1 Å². The van der Waals surface area contributed by atoms with Crippen molar-refractivity contribution in [2.75, 3.05) is 13.7 Å². The molecule has 1 amide bonds. The first kappa shape index (κ1) is 17.0. The summed E-state index contributed by atoms with van der Waals surface area (Å²) in [5, 5.41) is 2.66. The average molecular weight is 324 g/mol. The summed E-state index contributed by atoms with van der Waals surface area (Å²) < 4.78 is 43.5. The molecule has 0 unspecified atom stereocenters. The number of carbonyl (C=O) groups excluding carboxylic acids is 1. The molecule has 0 spiro atoms. The molecule has 0 aliphatic rings. The number of methoxy groups -OCH3 is 1. The largest absolute Gasteiger partial charge is 0.416 e. The monoisotopic (exact) mass is 324 g/mol. The number of ether oxygens (including phenoxy) is 1.